The Morgan fingerprint density at radius 2 is 2.00 bits per heavy atom. The number of amides is 1. The molecule has 1 amide bonds. The highest BCUT2D eigenvalue weighted by atomic mass is 32.1. The third kappa shape index (κ3) is 4.66. The Balaban J connectivity index is 1.95. The number of nitrogens with one attached hydrogen (secondary N) is 1. The molecule has 1 unspecified atom stereocenters. The number of carboxylic acids is 1. The maximum Gasteiger partial charge on any atom is 0.305 e. The van der Waals surface area contributed by atoms with Gasteiger partial charge in [0.2, 0.25) is 5.91 Å². The molecule has 1 aromatic carbocycles. The molecular weight excluding hydrogens is 300 g/mol. The van der Waals surface area contributed by atoms with E-state index in [4.69, 9.17) is 5.11 Å². The molecule has 0 saturated carbocycles. The average Bonchev–Trinajstić information content (AvgIpc) is 2.86. The molecule has 116 valence electrons. The maximum atomic E-state index is 11.9. The van der Waals surface area contributed by atoms with Crippen molar-refractivity contribution < 1.29 is 14.7 Å². The van der Waals surface area contributed by atoms with Crippen molar-refractivity contribution in [3.8, 4) is 10.6 Å². The number of hydrogen-bond donors (Lipinski definition) is 2. The first-order valence-electron chi connectivity index (χ1n) is 6.96. The number of carbonyl (C=O) groups excluding carboxylic acids is 1. The van der Waals surface area contributed by atoms with Gasteiger partial charge in [-0.3, -0.25) is 9.59 Å². The number of benzene rings is 1. The molecule has 0 saturated heterocycles. The molecule has 0 fully saturated rings. The zero-order valence-corrected chi connectivity index (χ0v) is 13.3. The van der Waals surface area contributed by atoms with Gasteiger partial charge in [-0.05, 0) is 13.8 Å². The lowest BCUT2D eigenvalue weighted by Gasteiger charge is -2.10. The van der Waals surface area contributed by atoms with E-state index in [0.29, 0.717) is 5.69 Å². The summed E-state index contributed by atoms with van der Waals surface area (Å²) in [5, 5.41) is 14.1. The molecule has 0 bridgehead atoms. The van der Waals surface area contributed by atoms with E-state index < -0.39 is 5.97 Å². The Hall–Kier alpha value is -2.21. The van der Waals surface area contributed by atoms with Gasteiger partial charge in [0, 0.05) is 17.0 Å². The highest BCUT2D eigenvalue weighted by molar-refractivity contribution is 7.13. The van der Waals surface area contributed by atoms with E-state index >= 15 is 0 Å². The number of thiazole rings is 1. The Kier molecular flexibility index (Phi) is 5.27. The Bertz CT molecular complexity index is 664. The second-order valence-electron chi connectivity index (χ2n) is 5.25. The van der Waals surface area contributed by atoms with Crippen LogP contribution in [0, 0.1) is 6.92 Å². The molecule has 1 heterocycles. The Morgan fingerprint density at radius 1 is 1.32 bits per heavy atom. The predicted octanol–water partition coefficient (Wildman–Crippen LogP) is 2.64. The van der Waals surface area contributed by atoms with Crippen molar-refractivity contribution in [1.82, 2.24) is 10.3 Å². The third-order valence-electron chi connectivity index (χ3n) is 3.08. The molecule has 2 rings (SSSR count). The van der Waals surface area contributed by atoms with E-state index in [0.717, 1.165) is 10.6 Å². The van der Waals surface area contributed by atoms with Crippen LogP contribution in [0.2, 0.25) is 0 Å². The van der Waals surface area contributed by atoms with Crippen LogP contribution in [0.5, 0.6) is 0 Å². The molecule has 2 aromatic rings. The monoisotopic (exact) mass is 318 g/mol. The van der Waals surface area contributed by atoms with Crippen LogP contribution in [0.1, 0.15) is 24.6 Å². The Labute approximate surface area is 133 Å². The van der Waals surface area contributed by atoms with Gasteiger partial charge in [0.25, 0.3) is 0 Å². The van der Waals surface area contributed by atoms with E-state index in [1.165, 1.54) is 16.9 Å². The average molecular weight is 318 g/mol. The molecule has 1 atom stereocenters. The van der Waals surface area contributed by atoms with E-state index in [9.17, 15) is 9.59 Å². The number of carboxylic acid groups (broad SMARTS) is 1. The predicted molar refractivity (Wildman–Crippen MR) is 85.8 cm³/mol. The van der Waals surface area contributed by atoms with Crippen LogP contribution in [0.25, 0.3) is 10.6 Å². The second kappa shape index (κ2) is 7.17. The van der Waals surface area contributed by atoms with Gasteiger partial charge < -0.3 is 10.4 Å². The largest absolute Gasteiger partial charge is 0.481 e. The minimum absolute atomic E-state index is 0.0859. The zero-order valence-electron chi connectivity index (χ0n) is 12.5. The zero-order chi connectivity index (χ0) is 16.1. The van der Waals surface area contributed by atoms with E-state index in [1.807, 2.05) is 36.6 Å². The van der Waals surface area contributed by atoms with E-state index in [2.05, 4.69) is 10.3 Å². The highest BCUT2D eigenvalue weighted by Gasteiger charge is 2.13. The van der Waals surface area contributed by atoms with Crippen LogP contribution in [0.3, 0.4) is 0 Å². The van der Waals surface area contributed by atoms with Crippen molar-refractivity contribution in [3.05, 3.63) is 40.9 Å². The molecule has 0 aliphatic heterocycles. The molecular formula is C16H18N2O3S. The summed E-state index contributed by atoms with van der Waals surface area (Å²) in [5.74, 6) is -1.14. The summed E-state index contributed by atoms with van der Waals surface area (Å²) in [6, 6.07) is 7.67. The number of rotatable bonds is 6. The van der Waals surface area contributed by atoms with Crippen molar-refractivity contribution >= 4 is 23.2 Å². The maximum absolute atomic E-state index is 11.9. The second-order valence-corrected chi connectivity index (χ2v) is 6.11. The summed E-state index contributed by atoms with van der Waals surface area (Å²) < 4.78 is 0. The quantitative estimate of drug-likeness (QED) is 0.858. The fraction of sp³-hybridized carbons (Fsp3) is 0.312. The number of aryl methyl sites for hydroxylation is 1. The molecule has 0 aliphatic carbocycles. The molecule has 1 aromatic heterocycles. The molecule has 0 spiro atoms. The normalized spacial score (nSPS) is 11.9. The van der Waals surface area contributed by atoms with Gasteiger partial charge in [-0.1, -0.05) is 29.8 Å². The summed E-state index contributed by atoms with van der Waals surface area (Å²) in [4.78, 5) is 26.9. The van der Waals surface area contributed by atoms with E-state index in [-0.39, 0.29) is 24.8 Å². The summed E-state index contributed by atoms with van der Waals surface area (Å²) in [6.45, 7) is 3.70. The van der Waals surface area contributed by atoms with Crippen LogP contribution in [-0.2, 0) is 16.0 Å². The van der Waals surface area contributed by atoms with Crippen LogP contribution >= 0.6 is 11.3 Å². The number of nitrogens with zero attached hydrogens (tertiary/aromatic N) is 1. The molecule has 5 nitrogen and oxygen atoms in total. The minimum atomic E-state index is -0.928. The van der Waals surface area contributed by atoms with Crippen molar-refractivity contribution in [1.29, 1.82) is 0 Å². The van der Waals surface area contributed by atoms with Crippen molar-refractivity contribution in [2.24, 2.45) is 0 Å². The smallest absolute Gasteiger partial charge is 0.305 e. The van der Waals surface area contributed by atoms with E-state index in [1.54, 1.807) is 6.92 Å². The van der Waals surface area contributed by atoms with Crippen LogP contribution in [-0.4, -0.2) is 28.0 Å². The van der Waals surface area contributed by atoms with Gasteiger partial charge in [-0.25, -0.2) is 4.98 Å². The third-order valence-corrected chi connectivity index (χ3v) is 4.02. The van der Waals surface area contributed by atoms with Gasteiger partial charge in [-0.15, -0.1) is 11.3 Å². The van der Waals surface area contributed by atoms with Gasteiger partial charge in [0.05, 0.1) is 18.5 Å². The van der Waals surface area contributed by atoms with Crippen LogP contribution in [0.15, 0.2) is 29.6 Å². The lowest BCUT2D eigenvalue weighted by atomic mass is 10.2. The molecule has 22 heavy (non-hydrogen) atoms. The van der Waals surface area contributed by atoms with Crippen molar-refractivity contribution in [2.75, 3.05) is 0 Å². The van der Waals surface area contributed by atoms with Crippen molar-refractivity contribution in [3.63, 3.8) is 0 Å². The molecule has 2 N–H and O–H groups in total. The summed E-state index contributed by atoms with van der Waals surface area (Å²) in [5.41, 5.74) is 2.91. The van der Waals surface area contributed by atoms with Gasteiger partial charge >= 0.3 is 5.97 Å². The van der Waals surface area contributed by atoms with Gasteiger partial charge in [0.15, 0.2) is 0 Å². The van der Waals surface area contributed by atoms with Crippen molar-refractivity contribution in [2.45, 2.75) is 32.7 Å². The number of aliphatic carboxylic acids is 1. The number of aromatic nitrogens is 1. The first-order chi connectivity index (χ1) is 10.4. The standard InChI is InChI=1S/C16H18N2O3S/c1-10-3-5-12(6-4-10)16-18-13(9-22-16)8-14(19)17-11(2)7-15(20)21/h3-6,9,11H,7-8H2,1-2H3,(H,17,19)(H,20,21). The lowest BCUT2D eigenvalue weighted by molar-refractivity contribution is -0.137. The van der Waals surface area contributed by atoms with Gasteiger partial charge in [0.1, 0.15) is 5.01 Å². The topological polar surface area (TPSA) is 79.3 Å². The first kappa shape index (κ1) is 16.2. The lowest BCUT2D eigenvalue weighted by Crippen LogP contribution is -2.35. The van der Waals surface area contributed by atoms with Gasteiger partial charge in [-0.2, -0.15) is 0 Å². The molecule has 0 radical (unpaired) electrons. The molecule has 0 aliphatic rings. The molecule has 6 heteroatoms. The summed E-state index contributed by atoms with van der Waals surface area (Å²) in [6.07, 6.45) is 0.0732. The number of hydrogen-bond acceptors (Lipinski definition) is 4. The Morgan fingerprint density at radius 3 is 2.64 bits per heavy atom. The SMILES string of the molecule is Cc1ccc(-c2nc(CC(=O)NC(C)CC(=O)O)cs2)cc1. The first-order valence-corrected chi connectivity index (χ1v) is 7.84. The summed E-state index contributed by atoms with van der Waals surface area (Å²) in [7, 11) is 0. The summed E-state index contributed by atoms with van der Waals surface area (Å²) >= 11 is 1.49. The fourth-order valence-corrected chi connectivity index (χ4v) is 2.85. The minimum Gasteiger partial charge on any atom is -0.481 e. The van der Waals surface area contributed by atoms with Crippen LogP contribution in [0.4, 0.5) is 0 Å². The fourth-order valence-electron chi connectivity index (χ4n) is 2.02. The van der Waals surface area contributed by atoms with Crippen LogP contribution < -0.4 is 5.32 Å². The number of carbonyl (C=O) groups is 2. The highest BCUT2D eigenvalue weighted by Crippen LogP contribution is 2.24.